The van der Waals surface area contributed by atoms with Gasteiger partial charge in [-0.3, -0.25) is 4.79 Å². The molecule has 0 aliphatic rings. The van der Waals surface area contributed by atoms with Crippen molar-refractivity contribution in [2.45, 2.75) is 44.5 Å². The molecule has 0 aliphatic heterocycles. The Hall–Kier alpha value is -1.55. The number of halogens is 1. The number of benzene rings is 1. The van der Waals surface area contributed by atoms with Gasteiger partial charge in [-0.1, -0.05) is 43.7 Å². The normalized spacial score (nSPS) is 12.8. The molecule has 0 aliphatic carbocycles. The van der Waals surface area contributed by atoms with Crippen LogP contribution in [0.2, 0.25) is 0 Å². The first-order valence-electron chi connectivity index (χ1n) is 6.62. The number of carboxylic acid groups (broad SMARTS) is 1. The van der Waals surface area contributed by atoms with Gasteiger partial charge in [0.15, 0.2) is 0 Å². The molecule has 1 rings (SSSR count). The van der Waals surface area contributed by atoms with Crippen LogP contribution in [-0.4, -0.2) is 22.5 Å². The maximum atomic E-state index is 12.2. The number of carbonyl (C=O) groups excluding carboxylic acids is 1. The zero-order valence-electron chi connectivity index (χ0n) is 11.9. The van der Waals surface area contributed by atoms with Gasteiger partial charge in [0, 0.05) is 0 Å². The van der Waals surface area contributed by atoms with Crippen LogP contribution in [0.25, 0.3) is 0 Å². The van der Waals surface area contributed by atoms with Crippen LogP contribution in [0.5, 0.6) is 0 Å². The molecule has 4 nitrogen and oxygen atoms in total. The summed E-state index contributed by atoms with van der Waals surface area (Å²) in [6.07, 6.45) is 0.615. The largest absolute Gasteiger partial charge is 0.480 e. The van der Waals surface area contributed by atoms with Crippen molar-refractivity contribution >= 4 is 23.5 Å². The Morgan fingerprint density at radius 3 is 2.15 bits per heavy atom. The van der Waals surface area contributed by atoms with E-state index in [1.807, 2.05) is 19.1 Å². The summed E-state index contributed by atoms with van der Waals surface area (Å²) in [7, 11) is 0. The van der Waals surface area contributed by atoms with Crippen molar-refractivity contribution in [3.63, 3.8) is 0 Å². The molecule has 5 heteroatoms. The standard InChI is InChI=1S/C15H20ClNO3/c1-4-15(5-2,14(19)20)17-13(18)12(16)11-8-6-10(3)7-9-11/h6-9,12H,4-5H2,1-3H3,(H,17,18)(H,19,20). The first-order valence-corrected chi connectivity index (χ1v) is 7.06. The number of carboxylic acids is 1. The number of rotatable bonds is 6. The molecule has 0 bridgehead atoms. The van der Waals surface area contributed by atoms with Gasteiger partial charge in [0.25, 0.3) is 0 Å². The van der Waals surface area contributed by atoms with Crippen molar-refractivity contribution in [3.05, 3.63) is 35.4 Å². The van der Waals surface area contributed by atoms with E-state index in [-0.39, 0.29) is 0 Å². The van der Waals surface area contributed by atoms with Crippen LogP contribution in [0.4, 0.5) is 0 Å². The molecular weight excluding hydrogens is 278 g/mol. The van der Waals surface area contributed by atoms with E-state index < -0.39 is 22.8 Å². The Morgan fingerprint density at radius 2 is 1.75 bits per heavy atom. The second-order valence-electron chi connectivity index (χ2n) is 4.86. The number of amides is 1. The minimum absolute atomic E-state index is 0.308. The van der Waals surface area contributed by atoms with Gasteiger partial charge in [0.1, 0.15) is 10.9 Å². The second-order valence-corrected chi connectivity index (χ2v) is 5.29. The van der Waals surface area contributed by atoms with Gasteiger partial charge in [-0.05, 0) is 25.3 Å². The molecule has 2 N–H and O–H groups in total. The molecule has 0 fully saturated rings. The lowest BCUT2D eigenvalue weighted by molar-refractivity contribution is -0.148. The minimum atomic E-state index is -1.26. The van der Waals surface area contributed by atoms with Crippen LogP contribution in [0, 0.1) is 6.92 Å². The van der Waals surface area contributed by atoms with Gasteiger partial charge in [-0.2, -0.15) is 0 Å². The molecule has 110 valence electrons. The van der Waals surface area contributed by atoms with Gasteiger partial charge in [-0.25, -0.2) is 4.79 Å². The number of carbonyl (C=O) groups is 2. The van der Waals surface area contributed by atoms with E-state index in [1.54, 1.807) is 26.0 Å². The molecule has 0 saturated carbocycles. The van der Waals surface area contributed by atoms with Gasteiger partial charge >= 0.3 is 5.97 Å². The summed E-state index contributed by atoms with van der Waals surface area (Å²) < 4.78 is 0. The molecule has 20 heavy (non-hydrogen) atoms. The summed E-state index contributed by atoms with van der Waals surface area (Å²) in [5.41, 5.74) is 0.468. The third-order valence-corrected chi connectivity index (χ3v) is 4.03. The van der Waals surface area contributed by atoms with Crippen molar-refractivity contribution in [2.75, 3.05) is 0 Å². The Morgan fingerprint density at radius 1 is 1.25 bits per heavy atom. The zero-order valence-corrected chi connectivity index (χ0v) is 12.7. The van der Waals surface area contributed by atoms with E-state index in [2.05, 4.69) is 5.32 Å². The minimum Gasteiger partial charge on any atom is -0.480 e. The monoisotopic (exact) mass is 297 g/mol. The van der Waals surface area contributed by atoms with E-state index in [4.69, 9.17) is 11.6 Å². The van der Waals surface area contributed by atoms with Crippen LogP contribution in [0.15, 0.2) is 24.3 Å². The van der Waals surface area contributed by atoms with Crippen LogP contribution in [0.3, 0.4) is 0 Å². The molecule has 1 amide bonds. The Balaban J connectivity index is 2.89. The molecule has 0 heterocycles. The van der Waals surface area contributed by atoms with E-state index in [0.717, 1.165) is 5.56 Å². The van der Waals surface area contributed by atoms with Crippen molar-refractivity contribution in [1.82, 2.24) is 5.32 Å². The third kappa shape index (κ3) is 3.51. The van der Waals surface area contributed by atoms with E-state index in [1.165, 1.54) is 0 Å². The second kappa shape index (κ2) is 6.75. The fourth-order valence-corrected chi connectivity index (χ4v) is 2.17. The fraction of sp³-hybridized carbons (Fsp3) is 0.467. The SMILES string of the molecule is CCC(CC)(NC(=O)C(Cl)c1ccc(C)cc1)C(=O)O. The predicted molar refractivity (Wildman–Crippen MR) is 78.9 cm³/mol. The van der Waals surface area contributed by atoms with Gasteiger partial charge in [-0.15, -0.1) is 11.6 Å². The Kier molecular flexibility index (Phi) is 5.57. The highest BCUT2D eigenvalue weighted by molar-refractivity contribution is 6.31. The number of nitrogens with one attached hydrogen (secondary N) is 1. The molecule has 1 unspecified atom stereocenters. The number of hydrogen-bond donors (Lipinski definition) is 2. The number of alkyl halides is 1. The Labute approximate surface area is 124 Å². The molecule has 1 aromatic rings. The first-order chi connectivity index (χ1) is 9.36. The van der Waals surface area contributed by atoms with Crippen molar-refractivity contribution in [1.29, 1.82) is 0 Å². The van der Waals surface area contributed by atoms with Gasteiger partial charge in [0.05, 0.1) is 0 Å². The number of aliphatic carboxylic acids is 1. The van der Waals surface area contributed by atoms with Crippen molar-refractivity contribution in [2.24, 2.45) is 0 Å². The Bertz CT molecular complexity index is 480. The van der Waals surface area contributed by atoms with Crippen LogP contribution in [-0.2, 0) is 9.59 Å². The van der Waals surface area contributed by atoms with Crippen LogP contribution < -0.4 is 5.32 Å². The highest BCUT2D eigenvalue weighted by Gasteiger charge is 2.37. The summed E-state index contributed by atoms with van der Waals surface area (Å²) in [5.74, 6) is -1.52. The maximum Gasteiger partial charge on any atom is 0.329 e. The fourth-order valence-electron chi connectivity index (χ4n) is 1.97. The van der Waals surface area contributed by atoms with E-state index in [0.29, 0.717) is 18.4 Å². The summed E-state index contributed by atoms with van der Waals surface area (Å²) in [6.45, 7) is 5.40. The molecule has 0 aromatic heterocycles. The average molecular weight is 298 g/mol. The zero-order chi connectivity index (χ0) is 15.3. The van der Waals surface area contributed by atoms with Crippen LogP contribution >= 0.6 is 11.6 Å². The molecule has 0 radical (unpaired) electrons. The van der Waals surface area contributed by atoms with Gasteiger partial charge < -0.3 is 10.4 Å². The molecule has 0 saturated heterocycles. The molecule has 0 spiro atoms. The topological polar surface area (TPSA) is 66.4 Å². The lowest BCUT2D eigenvalue weighted by Gasteiger charge is -2.29. The lowest BCUT2D eigenvalue weighted by atomic mass is 9.92. The smallest absolute Gasteiger partial charge is 0.329 e. The van der Waals surface area contributed by atoms with E-state index >= 15 is 0 Å². The first kappa shape index (κ1) is 16.5. The summed E-state index contributed by atoms with van der Waals surface area (Å²) in [5, 5.41) is 11.0. The molecule has 1 aromatic carbocycles. The molecular formula is C15H20ClNO3. The molecule has 1 atom stereocenters. The van der Waals surface area contributed by atoms with Crippen molar-refractivity contribution < 1.29 is 14.7 Å². The van der Waals surface area contributed by atoms with Crippen molar-refractivity contribution in [3.8, 4) is 0 Å². The third-order valence-electron chi connectivity index (χ3n) is 3.58. The maximum absolute atomic E-state index is 12.2. The van der Waals surface area contributed by atoms with Gasteiger partial charge in [0.2, 0.25) is 5.91 Å². The van der Waals surface area contributed by atoms with Crippen LogP contribution in [0.1, 0.15) is 43.2 Å². The summed E-state index contributed by atoms with van der Waals surface area (Å²) in [4.78, 5) is 23.5. The lowest BCUT2D eigenvalue weighted by Crippen LogP contribution is -2.54. The quantitative estimate of drug-likeness (QED) is 0.793. The highest BCUT2D eigenvalue weighted by atomic mass is 35.5. The summed E-state index contributed by atoms with van der Waals surface area (Å²) >= 11 is 6.13. The summed E-state index contributed by atoms with van der Waals surface area (Å²) in [6, 6.07) is 7.27. The number of hydrogen-bond acceptors (Lipinski definition) is 2. The number of aryl methyl sites for hydroxylation is 1. The average Bonchev–Trinajstić information content (AvgIpc) is 2.44. The highest BCUT2D eigenvalue weighted by Crippen LogP contribution is 2.24. The predicted octanol–water partition coefficient (Wildman–Crippen LogP) is 3.03. The van der Waals surface area contributed by atoms with E-state index in [9.17, 15) is 14.7 Å².